The number of nitrogens with one attached hydrogen (secondary N) is 2. The largest absolute Gasteiger partial charge is 0.488 e. The van der Waals surface area contributed by atoms with Gasteiger partial charge in [-0.15, -0.1) is 0 Å². The van der Waals surface area contributed by atoms with Gasteiger partial charge in [0.15, 0.2) is 0 Å². The molecule has 2 N–H and O–H groups in total. The highest BCUT2D eigenvalue weighted by Crippen LogP contribution is 2.32. The summed E-state index contributed by atoms with van der Waals surface area (Å²) in [7, 11) is 2.10. The van der Waals surface area contributed by atoms with E-state index in [4.69, 9.17) is 14.2 Å². The summed E-state index contributed by atoms with van der Waals surface area (Å²) in [5, 5.41) is 7.98. The summed E-state index contributed by atoms with van der Waals surface area (Å²) >= 11 is 0. The van der Waals surface area contributed by atoms with Gasteiger partial charge in [-0.1, -0.05) is 18.2 Å². The Hall–Kier alpha value is -5.37. The molecule has 0 aliphatic carbocycles. The number of amides is 4. The molecule has 13 heteroatoms. The number of pyridine rings is 1. The normalized spacial score (nSPS) is 20.0. The van der Waals surface area contributed by atoms with Crippen molar-refractivity contribution in [2.24, 2.45) is 7.05 Å². The highest BCUT2D eigenvalue weighted by molar-refractivity contribution is 6.23. The van der Waals surface area contributed by atoms with E-state index in [0.717, 1.165) is 87.4 Å². The molecule has 2 fully saturated rings. The van der Waals surface area contributed by atoms with Crippen molar-refractivity contribution >= 4 is 51.0 Å². The molecule has 56 heavy (non-hydrogen) atoms. The van der Waals surface area contributed by atoms with E-state index in [9.17, 15) is 19.2 Å². The van der Waals surface area contributed by atoms with Crippen LogP contribution >= 0.6 is 0 Å². The van der Waals surface area contributed by atoms with E-state index in [2.05, 4.69) is 68.5 Å². The van der Waals surface area contributed by atoms with Crippen molar-refractivity contribution < 1.29 is 33.4 Å². The lowest BCUT2D eigenvalue weighted by molar-refractivity contribution is -0.136. The topological polar surface area (TPSA) is 144 Å². The SMILES string of the molecule is Cn1c2ccncc2c2ccc(C3=CNC(OCCCCCOCCCCCN4CC(Oc5ccc6c(c5)C(=O)N(C5CCC(=O)NC5=O)C6=O)C4)C=C3)cc21. The first-order chi connectivity index (χ1) is 27.3. The molecule has 0 spiro atoms. The summed E-state index contributed by atoms with van der Waals surface area (Å²) in [5.41, 5.74) is 5.14. The number of dihydropyridines is 1. The fourth-order valence-corrected chi connectivity index (χ4v) is 7.99. The zero-order chi connectivity index (χ0) is 38.6. The highest BCUT2D eigenvalue weighted by Gasteiger charge is 2.45. The fourth-order valence-electron chi connectivity index (χ4n) is 7.99. The molecule has 0 radical (unpaired) electrons. The minimum Gasteiger partial charge on any atom is -0.488 e. The van der Waals surface area contributed by atoms with Crippen molar-refractivity contribution in [3.63, 3.8) is 0 Å². The number of rotatable bonds is 17. The molecule has 4 aromatic rings. The maximum absolute atomic E-state index is 13.1. The number of unbranched alkanes of at least 4 members (excludes halogenated alkanes) is 4. The number of carbonyl (C=O) groups is 4. The molecule has 6 heterocycles. The van der Waals surface area contributed by atoms with E-state index < -0.39 is 29.7 Å². The summed E-state index contributed by atoms with van der Waals surface area (Å²) in [4.78, 5) is 57.4. The molecule has 4 aliphatic rings. The highest BCUT2D eigenvalue weighted by atomic mass is 16.5. The van der Waals surface area contributed by atoms with E-state index >= 15 is 0 Å². The van der Waals surface area contributed by atoms with Gasteiger partial charge < -0.3 is 24.1 Å². The van der Waals surface area contributed by atoms with Gasteiger partial charge in [0.2, 0.25) is 11.8 Å². The molecule has 2 saturated heterocycles. The molecule has 0 bridgehead atoms. The molecule has 2 unspecified atom stereocenters. The number of fused-ring (bicyclic) bond motifs is 4. The number of ether oxygens (including phenoxy) is 3. The Morgan fingerprint density at radius 2 is 1.64 bits per heavy atom. The maximum atomic E-state index is 13.1. The van der Waals surface area contributed by atoms with Crippen LogP contribution in [-0.4, -0.2) is 101 Å². The monoisotopic (exact) mass is 760 g/mol. The van der Waals surface area contributed by atoms with Crippen LogP contribution in [0.1, 0.15) is 77.6 Å². The average molecular weight is 761 g/mol. The van der Waals surface area contributed by atoms with Crippen molar-refractivity contribution in [1.29, 1.82) is 0 Å². The fraction of sp³-hybridized carbons (Fsp3) is 0.419. The number of hydrogen-bond acceptors (Lipinski definition) is 10. The lowest BCUT2D eigenvalue weighted by atomic mass is 10.0. The van der Waals surface area contributed by atoms with E-state index in [0.29, 0.717) is 12.4 Å². The molecule has 292 valence electrons. The van der Waals surface area contributed by atoms with Gasteiger partial charge in [0.25, 0.3) is 11.8 Å². The van der Waals surface area contributed by atoms with Gasteiger partial charge in [-0.25, -0.2) is 0 Å². The standard InChI is InChI=1S/C43H48N6O7/c1-47-36-16-17-44-25-35(36)32-11-8-28(22-38(32)47)29-9-15-40(45-24-29)55-21-7-3-6-20-54-19-5-2-4-18-48-26-31(27-48)56-30-10-12-33-34(23-30)43(53)49(42(33)52)37-13-14-39(50)46-41(37)51/h8-12,15-17,22-25,31,37,40,45H,2-7,13-14,18-21,26-27H2,1H3,(H,46,50,51). The molecule has 4 aliphatic heterocycles. The second-order valence-electron chi connectivity index (χ2n) is 15.0. The third-order valence-corrected chi connectivity index (χ3v) is 11.1. The van der Waals surface area contributed by atoms with Crippen LogP contribution in [0.4, 0.5) is 0 Å². The van der Waals surface area contributed by atoms with Crippen molar-refractivity contribution in [2.75, 3.05) is 39.5 Å². The zero-order valence-corrected chi connectivity index (χ0v) is 31.7. The van der Waals surface area contributed by atoms with Crippen LogP contribution in [0.25, 0.3) is 27.4 Å². The number of piperidine rings is 1. The Balaban J connectivity index is 0.640. The van der Waals surface area contributed by atoms with Crippen LogP contribution in [0.15, 0.2) is 73.2 Å². The summed E-state index contributed by atoms with van der Waals surface area (Å²) < 4.78 is 20.2. The van der Waals surface area contributed by atoms with Crippen molar-refractivity contribution in [2.45, 2.75) is 69.7 Å². The molecule has 13 nitrogen and oxygen atoms in total. The number of allylic oxidation sites excluding steroid dienone is 2. The number of aryl methyl sites for hydroxylation is 1. The quantitative estimate of drug-likeness (QED) is 0.110. The summed E-state index contributed by atoms with van der Waals surface area (Å²) in [6, 6.07) is 12.5. The van der Waals surface area contributed by atoms with Gasteiger partial charge >= 0.3 is 0 Å². The van der Waals surface area contributed by atoms with E-state index in [1.165, 1.54) is 21.8 Å². The van der Waals surface area contributed by atoms with Crippen LogP contribution in [0.5, 0.6) is 5.75 Å². The van der Waals surface area contributed by atoms with Gasteiger partial charge in [-0.05, 0) is 99.0 Å². The number of nitrogens with zero attached hydrogens (tertiary/aromatic N) is 4. The van der Waals surface area contributed by atoms with Crippen LogP contribution < -0.4 is 15.4 Å². The van der Waals surface area contributed by atoms with Gasteiger partial charge in [0.1, 0.15) is 24.1 Å². The van der Waals surface area contributed by atoms with Crippen molar-refractivity contribution in [3.05, 3.63) is 89.9 Å². The van der Waals surface area contributed by atoms with E-state index in [-0.39, 0.29) is 36.3 Å². The molecular formula is C43H48N6O7. The predicted octanol–water partition coefficient (Wildman–Crippen LogP) is 5.09. The van der Waals surface area contributed by atoms with Crippen LogP contribution in [-0.2, 0) is 26.1 Å². The molecule has 2 atom stereocenters. The van der Waals surface area contributed by atoms with Gasteiger partial charge in [-0.2, -0.15) is 0 Å². The number of imide groups is 2. The molecule has 2 aromatic carbocycles. The zero-order valence-electron chi connectivity index (χ0n) is 31.7. The minimum atomic E-state index is -0.979. The summed E-state index contributed by atoms with van der Waals surface area (Å²) in [6.07, 6.45) is 16.4. The van der Waals surface area contributed by atoms with Crippen molar-refractivity contribution in [3.8, 4) is 5.75 Å². The molecule has 2 aromatic heterocycles. The Morgan fingerprint density at radius 3 is 2.45 bits per heavy atom. The minimum absolute atomic E-state index is 0.0153. The van der Waals surface area contributed by atoms with Crippen LogP contribution in [0.2, 0.25) is 0 Å². The number of hydrogen-bond donors (Lipinski definition) is 2. The number of likely N-dealkylation sites (tertiary alicyclic amines) is 1. The average Bonchev–Trinajstić information content (AvgIpc) is 3.62. The third kappa shape index (κ3) is 7.97. The van der Waals surface area contributed by atoms with Crippen LogP contribution in [0.3, 0.4) is 0 Å². The molecule has 8 rings (SSSR count). The first kappa shape index (κ1) is 37.5. The first-order valence-electron chi connectivity index (χ1n) is 19.7. The van der Waals surface area contributed by atoms with Crippen LogP contribution in [0, 0.1) is 0 Å². The van der Waals surface area contributed by atoms with Gasteiger partial charge in [-0.3, -0.25) is 39.3 Å². The Kier molecular flexibility index (Phi) is 11.3. The first-order valence-corrected chi connectivity index (χ1v) is 19.7. The molecular weight excluding hydrogens is 713 g/mol. The summed E-state index contributed by atoms with van der Waals surface area (Å²) in [6.45, 7) is 4.85. The molecule has 4 amide bonds. The number of aromatic nitrogens is 2. The third-order valence-electron chi connectivity index (χ3n) is 11.1. The second-order valence-corrected chi connectivity index (χ2v) is 15.0. The Labute approximate surface area is 325 Å². The number of carbonyl (C=O) groups excluding carboxylic acids is 4. The van der Waals surface area contributed by atoms with Crippen molar-refractivity contribution in [1.82, 2.24) is 30.0 Å². The van der Waals surface area contributed by atoms with E-state index in [1.807, 2.05) is 18.6 Å². The summed E-state index contributed by atoms with van der Waals surface area (Å²) in [5.74, 6) is -1.53. The Bertz CT molecular complexity index is 2210. The molecule has 0 saturated carbocycles. The number of benzene rings is 2. The lowest BCUT2D eigenvalue weighted by Crippen LogP contribution is -2.54. The second kappa shape index (κ2) is 16.8. The predicted molar refractivity (Wildman–Crippen MR) is 211 cm³/mol. The smallest absolute Gasteiger partial charge is 0.262 e. The van der Waals surface area contributed by atoms with Gasteiger partial charge in [0, 0.05) is 81.3 Å². The maximum Gasteiger partial charge on any atom is 0.262 e. The van der Waals surface area contributed by atoms with Gasteiger partial charge in [0.05, 0.1) is 16.6 Å². The lowest BCUT2D eigenvalue weighted by Gasteiger charge is -2.39. The van der Waals surface area contributed by atoms with E-state index in [1.54, 1.807) is 18.2 Å². The Morgan fingerprint density at radius 1 is 0.839 bits per heavy atom.